The fraction of sp³-hybridized carbons (Fsp3) is 0. The van der Waals surface area contributed by atoms with Crippen LogP contribution in [0.25, 0.3) is 0 Å². The van der Waals surface area contributed by atoms with E-state index in [9.17, 15) is 31.9 Å². The second kappa shape index (κ2) is 5.15. The zero-order valence-corrected chi connectivity index (χ0v) is 10.6. The van der Waals surface area contributed by atoms with Crippen molar-refractivity contribution in [3.8, 4) is 0 Å². The van der Waals surface area contributed by atoms with Crippen LogP contribution in [0.1, 0.15) is 0 Å². The molecule has 0 aliphatic heterocycles. The molecule has 0 N–H and O–H groups in total. The Bertz CT molecular complexity index is 532. The van der Waals surface area contributed by atoms with Gasteiger partial charge in [-0.15, -0.1) is 0 Å². The summed E-state index contributed by atoms with van der Waals surface area (Å²) in [5.74, 6) is -3.21. The Morgan fingerprint density at radius 2 is 1.69 bits per heavy atom. The quantitative estimate of drug-likeness (QED) is 0.260. The smallest absolute Gasteiger partial charge is 0.744 e. The molecule has 0 amide bonds. The Labute approximate surface area is 110 Å². The van der Waals surface area contributed by atoms with Crippen molar-refractivity contribution in [2.75, 3.05) is 0 Å². The van der Waals surface area contributed by atoms with Crippen molar-refractivity contribution in [2.45, 2.75) is 4.90 Å². The molecule has 1 rings (SSSR count). The van der Waals surface area contributed by atoms with Gasteiger partial charge in [-0.3, -0.25) is 10.1 Å². The summed E-state index contributed by atoms with van der Waals surface area (Å²) in [6, 6.07) is 0.0237. The van der Waals surface area contributed by atoms with Crippen LogP contribution in [-0.4, -0.2) is 17.9 Å². The number of halogens is 2. The summed E-state index contributed by atoms with van der Waals surface area (Å²) >= 11 is 0. The largest absolute Gasteiger partial charge is 1.00 e. The molecule has 0 aliphatic carbocycles. The fourth-order valence-electron chi connectivity index (χ4n) is 0.850. The van der Waals surface area contributed by atoms with E-state index in [-0.39, 0.29) is 41.7 Å². The van der Waals surface area contributed by atoms with E-state index in [1.807, 2.05) is 0 Å². The Morgan fingerprint density at radius 3 is 2.06 bits per heavy atom. The summed E-state index contributed by atoms with van der Waals surface area (Å²) in [5, 5.41) is 10.2. The minimum absolute atomic E-state index is 0. The molecule has 0 unspecified atom stereocenters. The third-order valence-corrected chi connectivity index (χ3v) is 2.32. The van der Waals surface area contributed by atoms with Crippen molar-refractivity contribution < 1.29 is 56.2 Å². The van der Waals surface area contributed by atoms with Gasteiger partial charge in [0.2, 0.25) is 5.82 Å². The Kier molecular flexibility index (Phi) is 4.95. The van der Waals surface area contributed by atoms with E-state index in [2.05, 4.69) is 0 Å². The van der Waals surface area contributed by atoms with Gasteiger partial charge in [-0.05, 0) is 0 Å². The van der Waals surface area contributed by atoms with Crippen LogP contribution in [0.3, 0.4) is 0 Å². The van der Waals surface area contributed by atoms with Gasteiger partial charge in [0.05, 0.1) is 9.82 Å². The SMILES string of the molecule is O=[N+]([O-])c1cc(S(=O)(=O)[O-])c(F)cc1F.[Na+]. The molecular formula is C6H2F2NNaO5S. The number of nitro groups is 1. The van der Waals surface area contributed by atoms with E-state index in [0.29, 0.717) is 0 Å². The average molecular weight is 261 g/mol. The molecule has 10 heteroatoms. The summed E-state index contributed by atoms with van der Waals surface area (Å²) in [6.07, 6.45) is 0. The predicted molar refractivity (Wildman–Crippen MR) is 41.0 cm³/mol. The van der Waals surface area contributed by atoms with Gasteiger partial charge in [0, 0.05) is 12.1 Å². The molecule has 0 saturated carbocycles. The van der Waals surface area contributed by atoms with Crippen LogP contribution >= 0.6 is 0 Å². The first-order chi connectivity index (χ1) is 6.73. The van der Waals surface area contributed by atoms with E-state index in [4.69, 9.17) is 0 Å². The third-order valence-electron chi connectivity index (χ3n) is 1.47. The van der Waals surface area contributed by atoms with Gasteiger partial charge in [0.25, 0.3) is 0 Å². The zero-order valence-electron chi connectivity index (χ0n) is 7.81. The van der Waals surface area contributed by atoms with Gasteiger partial charge >= 0.3 is 35.2 Å². The molecular weight excluding hydrogens is 259 g/mol. The normalized spacial score (nSPS) is 10.7. The third kappa shape index (κ3) is 3.19. The van der Waals surface area contributed by atoms with Gasteiger partial charge in [0.15, 0.2) is 0 Å². The molecule has 0 atom stereocenters. The molecule has 0 aliphatic rings. The molecule has 16 heavy (non-hydrogen) atoms. The Hall–Kier alpha value is -0.610. The number of nitrogens with zero attached hydrogens (tertiary/aromatic N) is 1. The van der Waals surface area contributed by atoms with Crippen molar-refractivity contribution in [3.63, 3.8) is 0 Å². The van der Waals surface area contributed by atoms with Crippen LogP contribution in [0, 0.1) is 21.7 Å². The summed E-state index contributed by atoms with van der Waals surface area (Å²) < 4.78 is 56.6. The van der Waals surface area contributed by atoms with Crippen molar-refractivity contribution >= 4 is 15.8 Å². The van der Waals surface area contributed by atoms with Crippen molar-refractivity contribution in [3.05, 3.63) is 33.9 Å². The van der Waals surface area contributed by atoms with Gasteiger partial charge in [-0.2, -0.15) is 4.39 Å². The fourth-order valence-corrected chi connectivity index (χ4v) is 1.40. The minimum Gasteiger partial charge on any atom is -0.744 e. The minimum atomic E-state index is -5.20. The number of hydrogen-bond acceptors (Lipinski definition) is 5. The molecule has 0 bridgehead atoms. The number of benzene rings is 1. The van der Waals surface area contributed by atoms with E-state index < -0.39 is 37.3 Å². The van der Waals surface area contributed by atoms with Crippen LogP contribution in [-0.2, 0) is 10.1 Å². The monoisotopic (exact) mass is 261 g/mol. The van der Waals surface area contributed by atoms with E-state index >= 15 is 0 Å². The van der Waals surface area contributed by atoms with Crippen LogP contribution in [0.15, 0.2) is 17.0 Å². The van der Waals surface area contributed by atoms with Crippen LogP contribution in [0.5, 0.6) is 0 Å². The topological polar surface area (TPSA) is 100 Å². The molecule has 0 aromatic heterocycles. The van der Waals surface area contributed by atoms with E-state index in [1.54, 1.807) is 0 Å². The average Bonchev–Trinajstić information content (AvgIpc) is 2.00. The van der Waals surface area contributed by atoms with Gasteiger partial charge in [-0.25, -0.2) is 12.8 Å². The zero-order chi connectivity index (χ0) is 11.8. The molecule has 82 valence electrons. The maximum Gasteiger partial charge on any atom is 1.00 e. The first-order valence-corrected chi connectivity index (χ1v) is 4.73. The molecule has 0 heterocycles. The predicted octanol–water partition coefficient (Wildman–Crippen LogP) is -2.22. The van der Waals surface area contributed by atoms with Crippen molar-refractivity contribution in [2.24, 2.45) is 0 Å². The van der Waals surface area contributed by atoms with Gasteiger partial charge in [-0.1, -0.05) is 0 Å². The Balaban J connectivity index is 0.00000225. The molecule has 0 fully saturated rings. The van der Waals surface area contributed by atoms with Crippen molar-refractivity contribution in [1.82, 2.24) is 0 Å². The summed E-state index contributed by atoms with van der Waals surface area (Å²) in [5.41, 5.74) is -1.27. The number of nitro benzene ring substituents is 1. The van der Waals surface area contributed by atoms with Crippen LogP contribution < -0.4 is 29.6 Å². The maximum absolute atomic E-state index is 12.7. The molecule has 6 nitrogen and oxygen atoms in total. The van der Waals surface area contributed by atoms with Gasteiger partial charge < -0.3 is 4.55 Å². The number of hydrogen-bond donors (Lipinski definition) is 0. The Morgan fingerprint density at radius 1 is 1.19 bits per heavy atom. The first-order valence-electron chi connectivity index (χ1n) is 3.33. The molecule has 1 aromatic rings. The first kappa shape index (κ1) is 15.4. The van der Waals surface area contributed by atoms with Crippen LogP contribution in [0.2, 0.25) is 0 Å². The molecule has 0 spiro atoms. The van der Waals surface area contributed by atoms with E-state index in [1.165, 1.54) is 0 Å². The summed E-state index contributed by atoms with van der Waals surface area (Å²) in [7, 11) is -5.20. The molecule has 1 aromatic carbocycles. The summed E-state index contributed by atoms with van der Waals surface area (Å²) in [6.45, 7) is 0. The molecule has 0 radical (unpaired) electrons. The standard InChI is InChI=1S/C6H3F2NO5S.Na/c7-3-1-4(8)6(15(12,13)14)2-5(3)9(10)11;/h1-2H,(H,12,13,14);/q;+1/p-1. The van der Waals surface area contributed by atoms with E-state index in [0.717, 1.165) is 0 Å². The van der Waals surface area contributed by atoms with Crippen molar-refractivity contribution in [1.29, 1.82) is 0 Å². The van der Waals surface area contributed by atoms with Crippen LogP contribution in [0.4, 0.5) is 14.5 Å². The second-order valence-electron chi connectivity index (χ2n) is 2.45. The molecule has 0 saturated heterocycles. The number of rotatable bonds is 2. The second-order valence-corrected chi connectivity index (χ2v) is 3.79. The van der Waals surface area contributed by atoms with Gasteiger partial charge in [0.1, 0.15) is 15.9 Å². The maximum atomic E-state index is 12.7. The summed E-state index contributed by atoms with van der Waals surface area (Å²) in [4.78, 5) is 7.45.